The number of fused-ring (bicyclic) bond motifs is 1. The second-order valence-electron chi connectivity index (χ2n) is 9.35. The van der Waals surface area contributed by atoms with Crippen molar-refractivity contribution >= 4 is 31.9 Å². The summed E-state index contributed by atoms with van der Waals surface area (Å²) in [5.74, 6) is 0.631. The maximum absolute atomic E-state index is 13.2. The van der Waals surface area contributed by atoms with Crippen LogP contribution in [-0.2, 0) is 20.6 Å². The number of halogens is 1. The number of nitrogens with zero attached hydrogens (tertiary/aromatic N) is 1. The second kappa shape index (κ2) is 10.4. The Morgan fingerprint density at radius 2 is 1.82 bits per heavy atom. The van der Waals surface area contributed by atoms with Gasteiger partial charge in [0, 0.05) is 35.5 Å². The van der Waals surface area contributed by atoms with E-state index in [-0.39, 0.29) is 29.2 Å². The van der Waals surface area contributed by atoms with E-state index in [4.69, 9.17) is 4.74 Å². The second-order valence-corrected chi connectivity index (χ2v) is 12.2. The molecular weight excluding hydrogens is 516 g/mol. The Balaban J connectivity index is 1.39. The van der Waals surface area contributed by atoms with Gasteiger partial charge in [-0.25, -0.2) is 12.7 Å². The fourth-order valence-electron chi connectivity index (χ4n) is 5.04. The monoisotopic (exact) mass is 548 g/mol. The van der Waals surface area contributed by atoms with Crippen LogP contribution in [0.15, 0.2) is 53.0 Å². The van der Waals surface area contributed by atoms with Gasteiger partial charge in [0.15, 0.2) is 0 Å². The third-order valence-electron chi connectivity index (χ3n) is 7.26. The SMILES string of the molecule is CCC1(CC)C[C@H](NC(=O)C2CCN(S(=O)(=O)Cc3cccc(Br)c3)CC2)c2ccccc2O1. The third kappa shape index (κ3) is 5.50. The van der Waals surface area contributed by atoms with Crippen LogP contribution in [0.3, 0.4) is 0 Å². The number of ether oxygens (including phenoxy) is 1. The molecule has 2 heterocycles. The molecular formula is C26H33BrN2O4S. The standard InChI is InChI=1S/C26H33BrN2O4S/c1-3-26(4-2)17-23(22-10-5-6-11-24(22)33-26)28-25(30)20-12-14-29(15-13-20)34(31,32)18-19-8-7-9-21(27)16-19/h5-11,16,20,23H,3-4,12-15,17-18H2,1-2H3,(H,28,30)/t23-/m0/s1. The number of rotatable bonds is 7. The van der Waals surface area contributed by atoms with Gasteiger partial charge in [0.2, 0.25) is 15.9 Å². The van der Waals surface area contributed by atoms with Gasteiger partial charge < -0.3 is 10.1 Å². The number of piperidine rings is 1. The van der Waals surface area contributed by atoms with Gasteiger partial charge in [-0.15, -0.1) is 0 Å². The molecule has 0 radical (unpaired) electrons. The lowest BCUT2D eigenvalue weighted by Gasteiger charge is -2.42. The van der Waals surface area contributed by atoms with Crippen LogP contribution < -0.4 is 10.1 Å². The highest BCUT2D eigenvalue weighted by atomic mass is 79.9. The number of carbonyl (C=O) groups excluding carboxylic acids is 1. The minimum absolute atomic E-state index is 0.00634. The maximum Gasteiger partial charge on any atom is 0.223 e. The highest BCUT2D eigenvalue weighted by Crippen LogP contribution is 2.42. The molecule has 0 aliphatic carbocycles. The van der Waals surface area contributed by atoms with E-state index in [1.165, 1.54) is 4.31 Å². The Hall–Kier alpha value is -1.90. The topological polar surface area (TPSA) is 75.7 Å². The number of carbonyl (C=O) groups is 1. The van der Waals surface area contributed by atoms with E-state index >= 15 is 0 Å². The molecule has 0 spiro atoms. The van der Waals surface area contributed by atoms with Crippen molar-refractivity contribution < 1.29 is 17.9 Å². The first-order valence-electron chi connectivity index (χ1n) is 12.1. The molecule has 1 saturated heterocycles. The summed E-state index contributed by atoms with van der Waals surface area (Å²) in [4.78, 5) is 13.2. The molecule has 1 atom stereocenters. The van der Waals surface area contributed by atoms with Crippen molar-refractivity contribution in [2.45, 2.75) is 63.3 Å². The van der Waals surface area contributed by atoms with Crippen LogP contribution >= 0.6 is 15.9 Å². The summed E-state index contributed by atoms with van der Waals surface area (Å²) in [6.45, 7) is 4.99. The Labute approximate surface area is 211 Å². The number of nitrogens with one attached hydrogen (secondary N) is 1. The van der Waals surface area contributed by atoms with Crippen molar-refractivity contribution in [1.82, 2.24) is 9.62 Å². The molecule has 8 heteroatoms. The fourth-order valence-corrected chi connectivity index (χ4v) is 7.04. The average molecular weight is 550 g/mol. The molecule has 0 unspecified atom stereocenters. The zero-order valence-corrected chi connectivity index (χ0v) is 22.2. The van der Waals surface area contributed by atoms with Gasteiger partial charge >= 0.3 is 0 Å². The van der Waals surface area contributed by atoms with E-state index in [1.54, 1.807) is 0 Å². The van der Waals surface area contributed by atoms with Gasteiger partial charge in [0.05, 0.1) is 11.8 Å². The van der Waals surface area contributed by atoms with E-state index in [0.29, 0.717) is 25.9 Å². The number of sulfonamides is 1. The number of amides is 1. The van der Waals surface area contributed by atoms with Crippen molar-refractivity contribution in [3.8, 4) is 5.75 Å². The quantitative estimate of drug-likeness (QED) is 0.516. The van der Waals surface area contributed by atoms with E-state index < -0.39 is 10.0 Å². The predicted octanol–water partition coefficient (Wildman–Crippen LogP) is 5.19. The summed E-state index contributed by atoms with van der Waals surface area (Å²) in [6, 6.07) is 15.2. The van der Waals surface area contributed by atoms with Gasteiger partial charge in [-0.2, -0.15) is 0 Å². The third-order valence-corrected chi connectivity index (χ3v) is 9.60. The first-order valence-corrected chi connectivity index (χ1v) is 14.5. The molecule has 2 aliphatic heterocycles. The summed E-state index contributed by atoms with van der Waals surface area (Å²) < 4.78 is 34.6. The summed E-state index contributed by atoms with van der Waals surface area (Å²) in [6.07, 6.45) is 3.54. The smallest absolute Gasteiger partial charge is 0.223 e. The van der Waals surface area contributed by atoms with Gasteiger partial charge in [-0.05, 0) is 49.4 Å². The molecule has 0 aromatic heterocycles. The van der Waals surface area contributed by atoms with Crippen molar-refractivity contribution in [1.29, 1.82) is 0 Å². The van der Waals surface area contributed by atoms with E-state index in [2.05, 4.69) is 35.1 Å². The highest BCUT2D eigenvalue weighted by molar-refractivity contribution is 9.10. The average Bonchev–Trinajstić information content (AvgIpc) is 2.83. The Kier molecular flexibility index (Phi) is 7.69. The van der Waals surface area contributed by atoms with Crippen molar-refractivity contribution in [3.63, 3.8) is 0 Å². The highest BCUT2D eigenvalue weighted by Gasteiger charge is 2.40. The molecule has 0 bridgehead atoms. The normalized spacial score (nSPS) is 20.9. The Morgan fingerprint density at radius 3 is 2.50 bits per heavy atom. The first-order chi connectivity index (χ1) is 16.2. The summed E-state index contributed by atoms with van der Waals surface area (Å²) in [5.41, 5.74) is 1.49. The molecule has 2 aromatic rings. The van der Waals surface area contributed by atoms with Gasteiger partial charge in [-0.1, -0.05) is 60.1 Å². The molecule has 1 fully saturated rings. The Bertz CT molecular complexity index is 1130. The van der Waals surface area contributed by atoms with Crippen LogP contribution in [0.5, 0.6) is 5.75 Å². The van der Waals surface area contributed by atoms with Gasteiger partial charge in [0.25, 0.3) is 0 Å². The summed E-state index contributed by atoms with van der Waals surface area (Å²) in [7, 11) is -3.43. The Morgan fingerprint density at radius 1 is 1.12 bits per heavy atom. The van der Waals surface area contributed by atoms with Gasteiger partial charge in [-0.3, -0.25) is 4.79 Å². The van der Waals surface area contributed by atoms with E-state index in [1.807, 2.05) is 48.5 Å². The van der Waals surface area contributed by atoms with Crippen LogP contribution in [0.2, 0.25) is 0 Å². The molecule has 4 rings (SSSR count). The van der Waals surface area contributed by atoms with E-state index in [0.717, 1.165) is 40.6 Å². The van der Waals surface area contributed by atoms with Crippen molar-refractivity contribution in [2.75, 3.05) is 13.1 Å². The largest absolute Gasteiger partial charge is 0.487 e. The van der Waals surface area contributed by atoms with Crippen LogP contribution in [0.25, 0.3) is 0 Å². The molecule has 184 valence electrons. The predicted molar refractivity (Wildman–Crippen MR) is 137 cm³/mol. The van der Waals surface area contributed by atoms with Gasteiger partial charge in [0.1, 0.15) is 11.4 Å². The first kappa shape index (κ1) is 25.2. The minimum Gasteiger partial charge on any atom is -0.487 e. The van der Waals surface area contributed by atoms with Crippen LogP contribution in [0.1, 0.15) is 63.1 Å². The molecule has 34 heavy (non-hydrogen) atoms. The van der Waals surface area contributed by atoms with Crippen molar-refractivity contribution in [3.05, 3.63) is 64.1 Å². The summed E-state index contributed by atoms with van der Waals surface area (Å²) in [5, 5.41) is 3.28. The number of hydrogen-bond acceptors (Lipinski definition) is 4. The lowest BCUT2D eigenvalue weighted by molar-refractivity contribution is -0.127. The molecule has 6 nitrogen and oxygen atoms in total. The number of hydrogen-bond donors (Lipinski definition) is 1. The molecule has 2 aromatic carbocycles. The zero-order chi connectivity index (χ0) is 24.3. The summed E-state index contributed by atoms with van der Waals surface area (Å²) >= 11 is 3.40. The molecule has 1 amide bonds. The number of benzene rings is 2. The lowest BCUT2D eigenvalue weighted by atomic mass is 9.83. The number of para-hydroxylation sites is 1. The molecule has 0 saturated carbocycles. The minimum atomic E-state index is -3.43. The fraction of sp³-hybridized carbons (Fsp3) is 0.500. The maximum atomic E-state index is 13.2. The van der Waals surface area contributed by atoms with Crippen LogP contribution in [-0.4, -0.2) is 37.3 Å². The lowest BCUT2D eigenvalue weighted by Crippen LogP contribution is -2.47. The van der Waals surface area contributed by atoms with Crippen molar-refractivity contribution in [2.24, 2.45) is 5.92 Å². The van der Waals surface area contributed by atoms with Crippen LogP contribution in [0, 0.1) is 5.92 Å². The van der Waals surface area contributed by atoms with E-state index in [9.17, 15) is 13.2 Å². The molecule has 2 aliphatic rings. The van der Waals surface area contributed by atoms with Crippen LogP contribution in [0.4, 0.5) is 0 Å². The zero-order valence-electron chi connectivity index (χ0n) is 19.8. The molecule has 1 N–H and O–H groups in total.